The van der Waals surface area contributed by atoms with Crippen LogP contribution in [-0.2, 0) is 30.5 Å². The third-order valence-electron chi connectivity index (χ3n) is 6.76. The van der Waals surface area contributed by atoms with Crippen LogP contribution in [0, 0.1) is 0 Å². The van der Waals surface area contributed by atoms with Crippen LogP contribution in [0.5, 0.6) is 0 Å². The maximum atomic E-state index is 13.3. The summed E-state index contributed by atoms with van der Waals surface area (Å²) in [6, 6.07) is 2.14. The maximum absolute atomic E-state index is 13.3. The number of anilines is 2. The van der Waals surface area contributed by atoms with Crippen molar-refractivity contribution in [2.75, 3.05) is 29.4 Å². The zero-order valence-electron chi connectivity index (χ0n) is 21.0. The SMILES string of the molecule is CCCC(=O)NC1CCCN(c2nc(N3CCn4c(nnc4C(F)(F)F)C3)c3cc(CCC)sc3n2)C1. The van der Waals surface area contributed by atoms with E-state index < -0.39 is 12.0 Å². The van der Waals surface area contributed by atoms with Gasteiger partial charge in [-0.05, 0) is 31.7 Å². The Morgan fingerprint density at radius 1 is 1.14 bits per heavy atom. The molecule has 3 aromatic rings. The number of halogens is 3. The zero-order chi connectivity index (χ0) is 26.2. The number of nitrogens with zero attached hydrogens (tertiary/aromatic N) is 7. The van der Waals surface area contributed by atoms with Gasteiger partial charge in [0, 0.05) is 43.5 Å². The molecule has 0 bridgehead atoms. The number of hydrogen-bond acceptors (Lipinski definition) is 8. The second kappa shape index (κ2) is 10.4. The molecule has 0 spiro atoms. The molecule has 1 amide bonds. The summed E-state index contributed by atoms with van der Waals surface area (Å²) in [6.07, 6.45) is 0.514. The Hall–Kier alpha value is -2.96. The summed E-state index contributed by atoms with van der Waals surface area (Å²) < 4.78 is 41.2. The van der Waals surface area contributed by atoms with Crippen LogP contribution in [0.25, 0.3) is 10.2 Å². The third kappa shape index (κ3) is 5.36. The summed E-state index contributed by atoms with van der Waals surface area (Å²) in [7, 11) is 0. The zero-order valence-corrected chi connectivity index (χ0v) is 21.8. The Morgan fingerprint density at radius 3 is 2.73 bits per heavy atom. The summed E-state index contributed by atoms with van der Waals surface area (Å²) in [5.41, 5.74) is 0. The molecule has 200 valence electrons. The minimum atomic E-state index is -4.54. The molecule has 0 radical (unpaired) electrons. The first kappa shape index (κ1) is 25.7. The maximum Gasteiger partial charge on any atom is 0.451 e. The van der Waals surface area contributed by atoms with Gasteiger partial charge in [-0.15, -0.1) is 21.5 Å². The molecule has 13 heteroatoms. The van der Waals surface area contributed by atoms with E-state index in [1.54, 1.807) is 11.3 Å². The van der Waals surface area contributed by atoms with Crippen molar-refractivity contribution in [1.29, 1.82) is 0 Å². The molecule has 37 heavy (non-hydrogen) atoms. The van der Waals surface area contributed by atoms with Crippen molar-refractivity contribution >= 4 is 39.2 Å². The Balaban J connectivity index is 1.46. The molecule has 3 aromatic heterocycles. The average Bonchev–Trinajstić information content (AvgIpc) is 3.47. The summed E-state index contributed by atoms with van der Waals surface area (Å²) in [4.78, 5) is 28.2. The molecule has 1 atom stereocenters. The van der Waals surface area contributed by atoms with E-state index in [-0.39, 0.29) is 30.9 Å². The highest BCUT2D eigenvalue weighted by atomic mass is 32.1. The fourth-order valence-corrected chi connectivity index (χ4v) is 6.17. The number of fused-ring (bicyclic) bond motifs is 2. The van der Waals surface area contributed by atoms with Gasteiger partial charge < -0.3 is 19.7 Å². The molecule has 5 rings (SSSR count). The topological polar surface area (TPSA) is 92.1 Å². The van der Waals surface area contributed by atoms with Gasteiger partial charge in [-0.3, -0.25) is 4.79 Å². The molecule has 5 heterocycles. The van der Waals surface area contributed by atoms with Crippen LogP contribution in [-0.4, -0.2) is 56.3 Å². The lowest BCUT2D eigenvalue weighted by Crippen LogP contribution is -2.48. The predicted molar refractivity (Wildman–Crippen MR) is 136 cm³/mol. The lowest BCUT2D eigenvalue weighted by Gasteiger charge is -2.34. The number of amides is 1. The van der Waals surface area contributed by atoms with Gasteiger partial charge in [0.15, 0.2) is 5.82 Å². The summed E-state index contributed by atoms with van der Waals surface area (Å²) in [5, 5.41) is 11.3. The number of alkyl halides is 3. The number of rotatable bonds is 7. The van der Waals surface area contributed by atoms with Gasteiger partial charge in [-0.25, -0.2) is 4.98 Å². The smallest absolute Gasteiger partial charge is 0.352 e. The first-order chi connectivity index (χ1) is 17.8. The molecular weight excluding hydrogens is 505 g/mol. The van der Waals surface area contributed by atoms with Gasteiger partial charge in [0.25, 0.3) is 0 Å². The van der Waals surface area contributed by atoms with Gasteiger partial charge in [-0.2, -0.15) is 18.2 Å². The predicted octanol–water partition coefficient (Wildman–Crippen LogP) is 4.16. The van der Waals surface area contributed by atoms with E-state index in [0.29, 0.717) is 31.3 Å². The van der Waals surface area contributed by atoms with Crippen LogP contribution in [0.1, 0.15) is 62.5 Å². The molecule has 1 fully saturated rings. The second-order valence-electron chi connectivity index (χ2n) is 9.64. The molecule has 9 nitrogen and oxygen atoms in total. The highest BCUT2D eigenvalue weighted by Crippen LogP contribution is 2.36. The van der Waals surface area contributed by atoms with Gasteiger partial charge in [0.05, 0.1) is 11.9 Å². The van der Waals surface area contributed by atoms with Crippen LogP contribution in [0.15, 0.2) is 6.07 Å². The van der Waals surface area contributed by atoms with E-state index in [1.807, 2.05) is 11.8 Å². The minimum absolute atomic E-state index is 0.0314. The number of thiophene rings is 1. The van der Waals surface area contributed by atoms with Crippen LogP contribution in [0.4, 0.5) is 24.9 Å². The lowest BCUT2D eigenvalue weighted by molar-refractivity contribution is -0.147. The van der Waals surface area contributed by atoms with E-state index in [1.165, 1.54) is 4.88 Å². The Morgan fingerprint density at radius 2 is 1.97 bits per heavy atom. The number of piperidine rings is 1. The quantitative estimate of drug-likeness (QED) is 0.485. The van der Waals surface area contributed by atoms with Gasteiger partial charge in [-0.1, -0.05) is 20.3 Å². The van der Waals surface area contributed by atoms with E-state index in [9.17, 15) is 18.0 Å². The van der Waals surface area contributed by atoms with E-state index in [2.05, 4.69) is 33.4 Å². The molecule has 1 saturated heterocycles. The first-order valence-corrected chi connectivity index (χ1v) is 13.7. The van der Waals surface area contributed by atoms with E-state index in [0.717, 1.165) is 53.4 Å². The van der Waals surface area contributed by atoms with Gasteiger partial charge in [0.2, 0.25) is 17.7 Å². The first-order valence-electron chi connectivity index (χ1n) is 12.9. The van der Waals surface area contributed by atoms with Gasteiger partial charge in [0.1, 0.15) is 10.6 Å². The van der Waals surface area contributed by atoms with E-state index >= 15 is 0 Å². The molecule has 2 aliphatic rings. The number of hydrogen-bond donors (Lipinski definition) is 1. The Bertz CT molecular complexity index is 1270. The molecule has 0 saturated carbocycles. The lowest BCUT2D eigenvalue weighted by atomic mass is 10.1. The van der Waals surface area contributed by atoms with Crippen molar-refractivity contribution in [2.24, 2.45) is 0 Å². The third-order valence-corrected chi connectivity index (χ3v) is 7.85. The highest BCUT2D eigenvalue weighted by molar-refractivity contribution is 7.18. The van der Waals surface area contributed by atoms with Gasteiger partial charge >= 0.3 is 6.18 Å². The molecular formula is C24H31F3N8OS. The molecule has 0 aromatic carbocycles. The van der Waals surface area contributed by atoms with Crippen molar-refractivity contribution < 1.29 is 18.0 Å². The van der Waals surface area contributed by atoms with Crippen LogP contribution in [0.3, 0.4) is 0 Å². The van der Waals surface area contributed by atoms with Crippen molar-refractivity contribution in [1.82, 2.24) is 30.0 Å². The number of nitrogens with one attached hydrogen (secondary N) is 1. The standard InChI is InChI=1S/C24H31F3N8OS/c1-3-6-16-12-17-20(33-10-11-35-18(14-33)31-32-22(35)24(25,26)27)29-23(30-21(17)37-16)34-9-5-8-15(13-34)28-19(36)7-4-2/h12,15H,3-11,13-14H2,1-2H3,(H,28,36). The average molecular weight is 537 g/mol. The highest BCUT2D eigenvalue weighted by Gasteiger charge is 2.40. The summed E-state index contributed by atoms with van der Waals surface area (Å²) >= 11 is 1.63. The fraction of sp³-hybridized carbons (Fsp3) is 0.625. The molecule has 2 aliphatic heterocycles. The van der Waals surface area contributed by atoms with Crippen LogP contribution in [0.2, 0.25) is 0 Å². The Labute approximate surface area is 217 Å². The number of carbonyl (C=O) groups excluding carboxylic acids is 1. The molecule has 1 unspecified atom stereocenters. The van der Waals surface area contributed by atoms with Crippen molar-refractivity contribution in [2.45, 2.75) is 77.7 Å². The fourth-order valence-electron chi connectivity index (χ4n) is 5.05. The minimum Gasteiger partial charge on any atom is -0.352 e. The number of aromatic nitrogens is 5. The van der Waals surface area contributed by atoms with Crippen LogP contribution < -0.4 is 15.1 Å². The van der Waals surface area contributed by atoms with Crippen molar-refractivity contribution in [3.05, 3.63) is 22.6 Å². The normalized spacial score (nSPS) is 18.4. The monoisotopic (exact) mass is 536 g/mol. The number of aryl methyl sites for hydroxylation is 1. The second-order valence-corrected chi connectivity index (χ2v) is 10.8. The van der Waals surface area contributed by atoms with E-state index in [4.69, 9.17) is 9.97 Å². The molecule has 1 N–H and O–H groups in total. The Kier molecular flexibility index (Phi) is 7.24. The summed E-state index contributed by atoms with van der Waals surface area (Å²) in [6.45, 7) is 6.17. The largest absolute Gasteiger partial charge is 0.451 e. The van der Waals surface area contributed by atoms with Crippen molar-refractivity contribution in [3.63, 3.8) is 0 Å². The number of carbonyl (C=O) groups is 1. The summed E-state index contributed by atoms with van der Waals surface area (Å²) in [5.74, 6) is 0.668. The van der Waals surface area contributed by atoms with Crippen LogP contribution >= 0.6 is 11.3 Å². The molecule has 0 aliphatic carbocycles. The van der Waals surface area contributed by atoms with Crippen molar-refractivity contribution in [3.8, 4) is 0 Å².